The van der Waals surface area contributed by atoms with Crippen molar-refractivity contribution in [2.75, 3.05) is 5.75 Å². The van der Waals surface area contributed by atoms with Gasteiger partial charge in [0.1, 0.15) is 11.5 Å². The van der Waals surface area contributed by atoms with Crippen LogP contribution in [0.25, 0.3) is 0 Å². The van der Waals surface area contributed by atoms with E-state index in [9.17, 15) is 26.4 Å². The molecule has 24 heavy (non-hydrogen) atoms. The fourth-order valence-electron chi connectivity index (χ4n) is 1.81. The number of alkyl halides is 3. The predicted molar refractivity (Wildman–Crippen MR) is 77.6 cm³/mol. The molecule has 128 valence electrons. The Balaban J connectivity index is 2.13. The number of halogens is 3. The van der Waals surface area contributed by atoms with Crippen LogP contribution < -0.4 is 4.74 Å². The predicted octanol–water partition coefficient (Wildman–Crippen LogP) is 3.36. The third kappa shape index (κ3) is 4.48. The van der Waals surface area contributed by atoms with Crippen molar-refractivity contribution in [3.05, 3.63) is 54.1 Å². The van der Waals surface area contributed by atoms with Gasteiger partial charge in [0, 0.05) is 0 Å². The zero-order valence-corrected chi connectivity index (χ0v) is 12.8. The van der Waals surface area contributed by atoms with Gasteiger partial charge in [-0.1, -0.05) is 0 Å². The molecular formula is C15H11F3O5S. The number of benzene rings is 2. The number of hydrogen-bond acceptors (Lipinski definition) is 4. The second-order valence-electron chi connectivity index (χ2n) is 4.75. The Morgan fingerprint density at radius 2 is 1.42 bits per heavy atom. The van der Waals surface area contributed by atoms with Crippen LogP contribution in [0.1, 0.15) is 5.56 Å². The lowest BCUT2D eigenvalue weighted by Gasteiger charge is -2.09. The van der Waals surface area contributed by atoms with E-state index in [4.69, 9.17) is 9.84 Å². The minimum atomic E-state index is -4.45. The van der Waals surface area contributed by atoms with Gasteiger partial charge in [0.25, 0.3) is 0 Å². The maximum Gasteiger partial charge on any atom is 0.416 e. The fourth-order valence-corrected chi connectivity index (χ4v) is 2.85. The normalized spacial score (nSPS) is 12.0. The zero-order valence-electron chi connectivity index (χ0n) is 11.9. The smallest absolute Gasteiger partial charge is 0.416 e. The first-order valence-electron chi connectivity index (χ1n) is 6.48. The summed E-state index contributed by atoms with van der Waals surface area (Å²) in [6, 6.07) is 8.89. The van der Waals surface area contributed by atoms with Gasteiger partial charge in [-0.15, -0.1) is 0 Å². The Kier molecular flexibility index (Phi) is 4.83. The summed E-state index contributed by atoms with van der Waals surface area (Å²) in [6.07, 6.45) is -4.45. The first-order chi connectivity index (χ1) is 11.1. The van der Waals surface area contributed by atoms with Crippen LogP contribution in [0.5, 0.6) is 11.5 Å². The van der Waals surface area contributed by atoms with E-state index in [0.29, 0.717) is 0 Å². The number of carbonyl (C=O) groups is 1. The molecule has 5 nitrogen and oxygen atoms in total. The van der Waals surface area contributed by atoms with Gasteiger partial charge in [0.2, 0.25) is 0 Å². The molecule has 2 aromatic rings. The van der Waals surface area contributed by atoms with E-state index in [2.05, 4.69) is 0 Å². The molecule has 2 aromatic carbocycles. The summed E-state index contributed by atoms with van der Waals surface area (Å²) in [5, 5.41) is 8.56. The van der Waals surface area contributed by atoms with Crippen LogP contribution in [-0.4, -0.2) is 25.2 Å². The Morgan fingerprint density at radius 1 is 0.958 bits per heavy atom. The molecule has 0 atom stereocenters. The highest BCUT2D eigenvalue weighted by Crippen LogP contribution is 2.31. The van der Waals surface area contributed by atoms with Gasteiger partial charge in [-0.05, 0) is 48.5 Å². The van der Waals surface area contributed by atoms with Crippen molar-refractivity contribution >= 4 is 15.8 Å². The van der Waals surface area contributed by atoms with Gasteiger partial charge in [-0.25, -0.2) is 8.42 Å². The first-order valence-corrected chi connectivity index (χ1v) is 8.13. The monoisotopic (exact) mass is 360 g/mol. The van der Waals surface area contributed by atoms with E-state index < -0.39 is 33.3 Å². The fraction of sp³-hybridized carbons (Fsp3) is 0.133. The van der Waals surface area contributed by atoms with Gasteiger partial charge in [-0.3, -0.25) is 4.79 Å². The maximum atomic E-state index is 12.5. The largest absolute Gasteiger partial charge is 0.480 e. The Hall–Kier alpha value is -2.55. The van der Waals surface area contributed by atoms with Crippen molar-refractivity contribution in [3.63, 3.8) is 0 Å². The Morgan fingerprint density at radius 3 is 1.83 bits per heavy atom. The molecule has 0 amide bonds. The van der Waals surface area contributed by atoms with Crippen molar-refractivity contribution in [1.29, 1.82) is 0 Å². The molecule has 0 aromatic heterocycles. The quantitative estimate of drug-likeness (QED) is 0.884. The minimum absolute atomic E-state index is 0.143. The first kappa shape index (κ1) is 17.8. The van der Waals surface area contributed by atoms with Crippen molar-refractivity contribution in [2.45, 2.75) is 11.1 Å². The molecule has 0 unspecified atom stereocenters. The van der Waals surface area contributed by atoms with Crippen molar-refractivity contribution in [3.8, 4) is 11.5 Å². The average molecular weight is 360 g/mol. The van der Waals surface area contributed by atoms with E-state index in [1.165, 1.54) is 12.1 Å². The maximum absolute atomic E-state index is 12.5. The lowest BCUT2D eigenvalue weighted by molar-refractivity contribution is -0.137. The molecule has 0 heterocycles. The average Bonchev–Trinajstić information content (AvgIpc) is 2.46. The van der Waals surface area contributed by atoms with Crippen LogP contribution in [-0.2, 0) is 20.8 Å². The zero-order chi connectivity index (χ0) is 18.0. The van der Waals surface area contributed by atoms with Crippen LogP contribution in [0.2, 0.25) is 0 Å². The van der Waals surface area contributed by atoms with Gasteiger partial charge < -0.3 is 9.84 Å². The molecule has 0 aliphatic rings. The number of ether oxygens (including phenoxy) is 1. The molecule has 0 fully saturated rings. The standard InChI is InChI=1S/C15H11F3O5S/c16-15(17,18)10-1-3-11(4-2-10)23-12-5-7-13(8-6-12)24(21,22)9-14(19)20/h1-8H,9H2,(H,19,20). The van der Waals surface area contributed by atoms with E-state index in [-0.39, 0.29) is 16.4 Å². The van der Waals surface area contributed by atoms with Crippen LogP contribution >= 0.6 is 0 Å². The molecule has 0 radical (unpaired) electrons. The number of carboxylic acid groups (broad SMARTS) is 1. The van der Waals surface area contributed by atoms with E-state index in [1.807, 2.05) is 0 Å². The Labute approximate surface area is 135 Å². The van der Waals surface area contributed by atoms with E-state index >= 15 is 0 Å². The summed E-state index contributed by atoms with van der Waals surface area (Å²) < 4.78 is 66.1. The van der Waals surface area contributed by atoms with Gasteiger partial charge in [0.15, 0.2) is 15.6 Å². The molecule has 0 bridgehead atoms. The van der Waals surface area contributed by atoms with Crippen LogP contribution in [0.4, 0.5) is 13.2 Å². The van der Waals surface area contributed by atoms with Crippen molar-refractivity contribution < 1.29 is 36.2 Å². The summed E-state index contributed by atoms with van der Waals surface area (Å²) in [5.41, 5.74) is -0.815. The number of sulfone groups is 1. The molecule has 0 saturated carbocycles. The summed E-state index contributed by atoms with van der Waals surface area (Å²) in [6.45, 7) is 0. The minimum Gasteiger partial charge on any atom is -0.480 e. The molecular weight excluding hydrogens is 349 g/mol. The Bertz CT molecular complexity index is 825. The molecule has 1 N–H and O–H groups in total. The number of rotatable bonds is 5. The summed E-state index contributed by atoms with van der Waals surface area (Å²) in [5.74, 6) is -2.17. The second kappa shape index (κ2) is 6.52. The lowest BCUT2D eigenvalue weighted by atomic mass is 10.2. The highest BCUT2D eigenvalue weighted by molar-refractivity contribution is 7.92. The molecule has 2 rings (SSSR count). The SMILES string of the molecule is O=C(O)CS(=O)(=O)c1ccc(Oc2ccc(C(F)(F)F)cc2)cc1. The van der Waals surface area contributed by atoms with Crippen LogP contribution in [0, 0.1) is 0 Å². The van der Waals surface area contributed by atoms with Crippen LogP contribution in [0.15, 0.2) is 53.4 Å². The number of hydrogen-bond donors (Lipinski definition) is 1. The molecule has 0 saturated heterocycles. The topological polar surface area (TPSA) is 80.7 Å². The lowest BCUT2D eigenvalue weighted by Crippen LogP contribution is -2.15. The summed E-state index contributed by atoms with van der Waals surface area (Å²) in [7, 11) is -3.95. The molecule has 0 spiro atoms. The summed E-state index contributed by atoms with van der Waals surface area (Å²) >= 11 is 0. The van der Waals surface area contributed by atoms with Crippen molar-refractivity contribution in [2.24, 2.45) is 0 Å². The highest BCUT2D eigenvalue weighted by Gasteiger charge is 2.30. The van der Waals surface area contributed by atoms with E-state index in [0.717, 1.165) is 36.4 Å². The van der Waals surface area contributed by atoms with Gasteiger partial charge >= 0.3 is 12.1 Å². The third-order valence-corrected chi connectivity index (χ3v) is 4.53. The van der Waals surface area contributed by atoms with E-state index in [1.54, 1.807) is 0 Å². The molecule has 0 aliphatic carbocycles. The second-order valence-corrected chi connectivity index (χ2v) is 6.74. The van der Waals surface area contributed by atoms with Crippen LogP contribution in [0.3, 0.4) is 0 Å². The third-order valence-electron chi connectivity index (χ3n) is 2.91. The van der Waals surface area contributed by atoms with Gasteiger partial charge in [-0.2, -0.15) is 13.2 Å². The van der Waals surface area contributed by atoms with Gasteiger partial charge in [0.05, 0.1) is 10.5 Å². The van der Waals surface area contributed by atoms with Crippen molar-refractivity contribution in [1.82, 2.24) is 0 Å². The number of aliphatic carboxylic acids is 1. The molecule has 9 heteroatoms. The summed E-state index contributed by atoms with van der Waals surface area (Å²) in [4.78, 5) is 10.3. The molecule has 0 aliphatic heterocycles. The highest BCUT2D eigenvalue weighted by atomic mass is 32.2. The number of carboxylic acids is 1.